The Balaban J connectivity index is 1.38. The van der Waals surface area contributed by atoms with E-state index in [1.165, 1.54) is 10.9 Å². The Morgan fingerprint density at radius 3 is 2.42 bits per heavy atom. The number of hydrogen-bond donors (Lipinski definition) is 10. The molecule has 40 heavy (non-hydrogen) atoms. The first-order chi connectivity index (χ1) is 18.7. The van der Waals surface area contributed by atoms with E-state index in [0.717, 1.165) is 6.33 Å². The molecule has 12 atom stereocenters. The molecule has 0 amide bonds. The van der Waals surface area contributed by atoms with E-state index >= 15 is 0 Å². The van der Waals surface area contributed by atoms with Gasteiger partial charge in [0.1, 0.15) is 60.7 Å². The molecular weight excluding hydrogens is 608 g/mol. The average molecular weight is 635 g/mol. The van der Waals surface area contributed by atoms with E-state index in [-0.39, 0.29) is 17.0 Å². The van der Waals surface area contributed by atoms with Crippen LogP contribution in [0.15, 0.2) is 12.7 Å². The molecule has 0 aromatic carbocycles. The highest BCUT2D eigenvalue weighted by Gasteiger charge is 2.50. The van der Waals surface area contributed by atoms with Crippen molar-refractivity contribution in [2.24, 2.45) is 0 Å². The van der Waals surface area contributed by atoms with Crippen molar-refractivity contribution < 1.29 is 72.9 Å². The van der Waals surface area contributed by atoms with Crippen molar-refractivity contribution in [2.45, 2.75) is 61.3 Å². The number of hydrogen-bond acceptors (Lipinski definition) is 18. The fourth-order valence-corrected chi connectivity index (χ4v) is 7.11. The second-order valence-electron chi connectivity index (χ2n) is 8.74. The number of ether oxygens (including phenoxy) is 2. The molecule has 2 aromatic rings. The molecular formula is C17H27N5O15P2S. The van der Waals surface area contributed by atoms with Crippen molar-refractivity contribution in [3.8, 4) is 0 Å². The molecule has 0 aliphatic carbocycles. The van der Waals surface area contributed by atoms with Crippen LogP contribution in [0.4, 0.5) is 5.82 Å². The molecule has 2 aliphatic heterocycles. The minimum absolute atomic E-state index is 0.0577. The molecule has 20 nitrogen and oxygen atoms in total. The van der Waals surface area contributed by atoms with Crippen molar-refractivity contribution in [3.05, 3.63) is 12.7 Å². The third-order valence-corrected chi connectivity index (χ3v) is 9.53. The van der Waals surface area contributed by atoms with Crippen LogP contribution in [-0.2, 0) is 39.2 Å². The number of aliphatic hydroxyl groups excluding tert-OH is 7. The highest BCUT2D eigenvalue weighted by molar-refractivity contribution is 8.08. The summed E-state index contributed by atoms with van der Waals surface area (Å²) in [4.78, 5) is 32.2. The molecule has 0 radical (unpaired) electrons. The lowest BCUT2D eigenvalue weighted by molar-refractivity contribution is -0.292. The zero-order valence-corrected chi connectivity index (χ0v) is 22.6. The predicted octanol–water partition coefficient (Wildman–Crippen LogP) is -4.44. The Bertz CT molecular complexity index is 1290. The first-order valence-corrected chi connectivity index (χ1v) is 15.4. The number of rotatable bonds is 10. The number of phosphoric ester groups is 1. The van der Waals surface area contributed by atoms with Gasteiger partial charge in [0, 0.05) is 0 Å². The number of nitrogen functional groups attached to an aromatic ring is 1. The van der Waals surface area contributed by atoms with E-state index < -0.39 is 89.1 Å². The van der Waals surface area contributed by atoms with Gasteiger partial charge in [-0.15, -0.1) is 0 Å². The minimum atomic E-state index is -5.45. The summed E-state index contributed by atoms with van der Waals surface area (Å²) >= 11 is 4.70. The fourth-order valence-electron chi connectivity index (χ4n) is 4.01. The summed E-state index contributed by atoms with van der Waals surface area (Å²) in [6, 6.07) is 0. The van der Waals surface area contributed by atoms with Gasteiger partial charge in [0.05, 0.1) is 19.5 Å². The maximum absolute atomic E-state index is 12.5. The molecule has 2 fully saturated rings. The number of nitrogens with two attached hydrogens (primary N) is 1. The second kappa shape index (κ2) is 12.1. The molecule has 0 saturated carbocycles. The highest BCUT2D eigenvalue weighted by atomic mass is 32.5. The summed E-state index contributed by atoms with van der Waals surface area (Å²) in [5.41, 5.74) is 6.12. The summed E-state index contributed by atoms with van der Waals surface area (Å²) in [5.74, 6) is 0.0577. The first-order valence-electron chi connectivity index (χ1n) is 11.3. The molecule has 4 heterocycles. The molecule has 2 aromatic heterocycles. The number of aliphatic hydroxyl groups is 7. The van der Waals surface area contributed by atoms with Gasteiger partial charge in [-0.25, -0.2) is 23.8 Å². The van der Waals surface area contributed by atoms with Crippen LogP contribution in [0, 0.1) is 0 Å². The lowest BCUT2D eigenvalue weighted by Gasteiger charge is -2.41. The summed E-state index contributed by atoms with van der Waals surface area (Å²) in [7, 11) is -5.45. The number of fused-ring (bicyclic) bond motifs is 1. The highest BCUT2D eigenvalue weighted by Crippen LogP contribution is 2.61. The van der Waals surface area contributed by atoms with Crippen LogP contribution in [0.5, 0.6) is 0 Å². The summed E-state index contributed by atoms with van der Waals surface area (Å²) < 4.78 is 38.4. The lowest BCUT2D eigenvalue weighted by Crippen LogP contribution is -2.61. The predicted molar refractivity (Wildman–Crippen MR) is 130 cm³/mol. The second-order valence-corrected chi connectivity index (χ2v) is 13.1. The van der Waals surface area contributed by atoms with Gasteiger partial charge >= 0.3 is 14.5 Å². The van der Waals surface area contributed by atoms with Crippen LogP contribution < -0.4 is 5.73 Å². The SMILES string of the molecule is Nc1ncnc2c1ncn2[C@@H]1O[C@H](COP(O)(=S)OP(=O)(O)O[C@@H]2OC([C@H](O)CO)[C@@H](O)[C@H](O)C2O)[C@H](O)C1O. The fraction of sp³-hybridized carbons (Fsp3) is 0.706. The van der Waals surface area contributed by atoms with Crippen molar-refractivity contribution in [1.29, 1.82) is 0 Å². The molecule has 2 saturated heterocycles. The van der Waals surface area contributed by atoms with E-state index in [0.29, 0.717) is 0 Å². The van der Waals surface area contributed by atoms with E-state index in [9.17, 15) is 45.0 Å². The Morgan fingerprint density at radius 2 is 1.75 bits per heavy atom. The number of nitrogens with zero attached hydrogens (tertiary/aromatic N) is 4. The summed E-state index contributed by atoms with van der Waals surface area (Å²) in [6.07, 6.45) is -15.2. The maximum Gasteiger partial charge on any atom is 0.481 e. The van der Waals surface area contributed by atoms with Crippen molar-refractivity contribution in [1.82, 2.24) is 19.5 Å². The third-order valence-electron chi connectivity index (χ3n) is 6.02. The van der Waals surface area contributed by atoms with Gasteiger partial charge in [0.15, 0.2) is 24.0 Å². The lowest BCUT2D eigenvalue weighted by atomic mass is 9.96. The molecule has 4 rings (SSSR count). The van der Waals surface area contributed by atoms with Crippen LogP contribution in [0.3, 0.4) is 0 Å². The number of anilines is 1. The molecule has 0 bridgehead atoms. The maximum atomic E-state index is 12.5. The molecule has 5 unspecified atom stereocenters. The van der Waals surface area contributed by atoms with Crippen molar-refractivity contribution in [3.63, 3.8) is 0 Å². The van der Waals surface area contributed by atoms with E-state index in [2.05, 4.69) is 23.8 Å². The minimum Gasteiger partial charge on any atom is -0.394 e. The number of imidazole rings is 1. The van der Waals surface area contributed by atoms with Gasteiger partial charge in [-0.3, -0.25) is 9.09 Å². The van der Waals surface area contributed by atoms with Crippen LogP contribution in [0.1, 0.15) is 6.23 Å². The molecule has 2 aliphatic rings. The molecule has 11 N–H and O–H groups in total. The van der Waals surface area contributed by atoms with Crippen LogP contribution in [-0.4, -0.2) is 133 Å². The summed E-state index contributed by atoms with van der Waals surface area (Å²) in [5, 5.41) is 69.6. The van der Waals surface area contributed by atoms with E-state index in [4.69, 9.17) is 36.6 Å². The van der Waals surface area contributed by atoms with Crippen LogP contribution >= 0.6 is 14.5 Å². The normalized spacial score (nSPS) is 36.8. The molecule has 0 spiro atoms. The Morgan fingerprint density at radius 1 is 1.05 bits per heavy atom. The zero-order valence-electron chi connectivity index (χ0n) is 20.0. The van der Waals surface area contributed by atoms with Gasteiger partial charge in [0.25, 0.3) is 0 Å². The van der Waals surface area contributed by atoms with E-state index in [1.807, 2.05) is 0 Å². The zero-order chi connectivity index (χ0) is 29.6. The van der Waals surface area contributed by atoms with Gasteiger partial charge in [-0.05, 0) is 11.8 Å². The number of aromatic nitrogens is 4. The van der Waals surface area contributed by atoms with Crippen LogP contribution in [0.2, 0.25) is 0 Å². The largest absolute Gasteiger partial charge is 0.481 e. The summed E-state index contributed by atoms with van der Waals surface area (Å²) in [6.45, 7) is -6.37. The Kier molecular flexibility index (Phi) is 9.57. The van der Waals surface area contributed by atoms with Crippen molar-refractivity contribution in [2.75, 3.05) is 18.9 Å². The number of phosphoric acid groups is 1. The monoisotopic (exact) mass is 635 g/mol. The van der Waals surface area contributed by atoms with Gasteiger partial charge < -0.3 is 65.3 Å². The van der Waals surface area contributed by atoms with Gasteiger partial charge in [-0.2, -0.15) is 0 Å². The standard InChI is InChI=1S/C17H27N5O15P2S/c18-14-7-15(20-3-19-14)22(4-21-7)16-11(28)8(25)6(34-16)2-33-39(32,40)37-38(30,31)36-17-12(29)9(26)10(27)13(35-17)5(24)1-23/h3-6,8-13,16-17,23-29H,1-2H2,(H,30,31)(H,32,40)(H2,18,19,20)/t5-,6-,8+,9+,10+,11?,12?,13?,16-,17+,39?/m1/s1. The first kappa shape index (κ1) is 31.6. The van der Waals surface area contributed by atoms with Crippen molar-refractivity contribution >= 4 is 43.3 Å². The van der Waals surface area contributed by atoms with Gasteiger partial charge in [0.2, 0.25) is 0 Å². The molecule has 23 heteroatoms. The van der Waals surface area contributed by atoms with Crippen LogP contribution in [0.25, 0.3) is 11.2 Å². The topological polar surface area (TPSA) is 315 Å². The smallest absolute Gasteiger partial charge is 0.394 e. The molecule has 226 valence electrons. The Hall–Kier alpha value is -1.33. The Labute approximate surface area is 229 Å². The average Bonchev–Trinajstić information content (AvgIpc) is 3.43. The third kappa shape index (κ3) is 6.51. The van der Waals surface area contributed by atoms with Gasteiger partial charge in [-0.1, -0.05) is 0 Å². The quantitative estimate of drug-likeness (QED) is 0.110. The van der Waals surface area contributed by atoms with E-state index in [1.54, 1.807) is 0 Å².